The van der Waals surface area contributed by atoms with E-state index in [1.54, 1.807) is 0 Å². The topological polar surface area (TPSA) is 26.3 Å². The molecule has 0 radical (unpaired) electrons. The molecule has 0 bridgehead atoms. The second kappa shape index (κ2) is 5.01. The number of esters is 1. The molecular weight excluding hydrogens is 200 g/mol. The van der Waals surface area contributed by atoms with Crippen LogP contribution in [0.25, 0.3) is 0 Å². The summed E-state index contributed by atoms with van der Waals surface area (Å²) in [6.07, 6.45) is -0.338. The molecule has 0 unspecified atom stereocenters. The van der Waals surface area contributed by atoms with Crippen LogP contribution in [0, 0.1) is 6.92 Å². The van der Waals surface area contributed by atoms with Crippen LogP contribution in [0.15, 0.2) is 24.3 Å². The quantitative estimate of drug-likeness (QED) is 0.569. The van der Waals surface area contributed by atoms with Crippen LogP contribution in [-0.4, -0.2) is 11.8 Å². The molecule has 0 aliphatic heterocycles. The monoisotopic (exact) mass is 212 g/mol. The SMILES string of the molecule is CC(=O)O[C@H](CCl)c1ccc(C)cc1. The van der Waals surface area contributed by atoms with E-state index < -0.39 is 0 Å². The predicted octanol–water partition coefficient (Wildman–Crippen LogP) is 2.84. The molecule has 76 valence electrons. The molecule has 0 aliphatic rings. The maximum absolute atomic E-state index is 10.8. The van der Waals surface area contributed by atoms with Crippen molar-refractivity contribution in [3.8, 4) is 0 Å². The van der Waals surface area contributed by atoms with E-state index in [1.807, 2.05) is 31.2 Å². The lowest BCUT2D eigenvalue weighted by Crippen LogP contribution is -2.09. The van der Waals surface area contributed by atoms with Crippen molar-refractivity contribution in [2.75, 3.05) is 5.88 Å². The fourth-order valence-corrected chi connectivity index (χ4v) is 1.41. The van der Waals surface area contributed by atoms with Crippen LogP contribution in [-0.2, 0) is 9.53 Å². The lowest BCUT2D eigenvalue weighted by molar-refractivity contribution is -0.145. The number of aryl methyl sites for hydroxylation is 1. The average Bonchev–Trinajstić information content (AvgIpc) is 2.15. The molecule has 0 aliphatic carbocycles. The zero-order valence-electron chi connectivity index (χ0n) is 8.29. The van der Waals surface area contributed by atoms with E-state index >= 15 is 0 Å². The first-order chi connectivity index (χ1) is 6.63. The van der Waals surface area contributed by atoms with Gasteiger partial charge in [0.1, 0.15) is 6.10 Å². The molecular formula is C11H13ClO2. The summed E-state index contributed by atoms with van der Waals surface area (Å²) in [6.45, 7) is 3.39. The molecule has 1 atom stereocenters. The Morgan fingerprint density at radius 1 is 1.43 bits per heavy atom. The van der Waals surface area contributed by atoms with E-state index in [2.05, 4.69) is 0 Å². The summed E-state index contributed by atoms with van der Waals surface area (Å²) in [5, 5.41) is 0. The smallest absolute Gasteiger partial charge is 0.303 e. The Morgan fingerprint density at radius 3 is 2.43 bits per heavy atom. The second-order valence-electron chi connectivity index (χ2n) is 3.16. The summed E-state index contributed by atoms with van der Waals surface area (Å²) in [5.74, 6) is -0.0287. The van der Waals surface area contributed by atoms with Gasteiger partial charge in [-0.2, -0.15) is 0 Å². The molecule has 0 spiro atoms. The summed E-state index contributed by atoms with van der Waals surface area (Å²) < 4.78 is 5.05. The number of carbonyl (C=O) groups is 1. The molecule has 0 N–H and O–H groups in total. The van der Waals surface area contributed by atoms with Gasteiger partial charge in [-0.25, -0.2) is 0 Å². The van der Waals surface area contributed by atoms with Crippen molar-refractivity contribution in [2.45, 2.75) is 20.0 Å². The summed E-state index contributed by atoms with van der Waals surface area (Å²) in [5.41, 5.74) is 2.10. The Labute approximate surface area is 88.8 Å². The first-order valence-electron chi connectivity index (χ1n) is 4.43. The third-order valence-corrected chi connectivity index (χ3v) is 2.18. The Morgan fingerprint density at radius 2 is 2.00 bits per heavy atom. The molecule has 1 aromatic rings. The van der Waals surface area contributed by atoms with Gasteiger partial charge in [0.2, 0.25) is 0 Å². The van der Waals surface area contributed by atoms with Gasteiger partial charge < -0.3 is 4.74 Å². The highest BCUT2D eigenvalue weighted by atomic mass is 35.5. The van der Waals surface area contributed by atoms with Crippen LogP contribution in [0.5, 0.6) is 0 Å². The number of hydrogen-bond acceptors (Lipinski definition) is 2. The Balaban J connectivity index is 2.78. The van der Waals surface area contributed by atoms with E-state index in [9.17, 15) is 4.79 Å². The molecule has 14 heavy (non-hydrogen) atoms. The maximum Gasteiger partial charge on any atom is 0.303 e. The molecule has 0 saturated heterocycles. The van der Waals surface area contributed by atoms with Gasteiger partial charge in [-0.05, 0) is 12.5 Å². The van der Waals surface area contributed by atoms with Crippen molar-refractivity contribution in [3.05, 3.63) is 35.4 Å². The van der Waals surface area contributed by atoms with Crippen LogP contribution in [0.3, 0.4) is 0 Å². The molecule has 0 saturated carbocycles. The van der Waals surface area contributed by atoms with Crippen LogP contribution in [0.1, 0.15) is 24.2 Å². The first-order valence-corrected chi connectivity index (χ1v) is 4.96. The van der Waals surface area contributed by atoms with Crippen LogP contribution in [0.2, 0.25) is 0 Å². The summed E-state index contributed by atoms with van der Waals surface area (Å²) in [7, 11) is 0. The highest BCUT2D eigenvalue weighted by Crippen LogP contribution is 2.19. The number of hydrogen-bond donors (Lipinski definition) is 0. The normalized spacial score (nSPS) is 12.2. The third-order valence-electron chi connectivity index (χ3n) is 1.90. The summed E-state index contributed by atoms with van der Waals surface area (Å²) in [4.78, 5) is 10.8. The van der Waals surface area contributed by atoms with Crippen molar-refractivity contribution in [1.82, 2.24) is 0 Å². The van der Waals surface area contributed by atoms with Crippen molar-refractivity contribution in [3.63, 3.8) is 0 Å². The van der Waals surface area contributed by atoms with Gasteiger partial charge in [-0.3, -0.25) is 4.79 Å². The van der Waals surface area contributed by atoms with Crippen molar-refractivity contribution in [1.29, 1.82) is 0 Å². The van der Waals surface area contributed by atoms with E-state index in [1.165, 1.54) is 12.5 Å². The van der Waals surface area contributed by atoms with Crippen molar-refractivity contribution >= 4 is 17.6 Å². The molecule has 0 fully saturated rings. The van der Waals surface area contributed by atoms with Gasteiger partial charge >= 0.3 is 5.97 Å². The molecule has 0 amide bonds. The fourth-order valence-electron chi connectivity index (χ4n) is 1.17. The number of carbonyl (C=O) groups excluding carboxylic acids is 1. The lowest BCUT2D eigenvalue weighted by Gasteiger charge is -2.14. The number of rotatable bonds is 3. The zero-order valence-corrected chi connectivity index (χ0v) is 9.04. The molecule has 2 nitrogen and oxygen atoms in total. The lowest BCUT2D eigenvalue weighted by atomic mass is 10.1. The molecule has 0 aromatic heterocycles. The second-order valence-corrected chi connectivity index (χ2v) is 3.47. The largest absolute Gasteiger partial charge is 0.456 e. The average molecular weight is 213 g/mol. The van der Waals surface area contributed by atoms with E-state index in [-0.39, 0.29) is 18.0 Å². The number of benzene rings is 1. The van der Waals surface area contributed by atoms with Gasteiger partial charge in [-0.1, -0.05) is 29.8 Å². The van der Waals surface area contributed by atoms with Crippen molar-refractivity contribution < 1.29 is 9.53 Å². The molecule has 3 heteroatoms. The molecule has 1 rings (SSSR count). The fraction of sp³-hybridized carbons (Fsp3) is 0.364. The number of ether oxygens (including phenoxy) is 1. The zero-order chi connectivity index (χ0) is 10.6. The molecule has 1 aromatic carbocycles. The predicted molar refractivity (Wildman–Crippen MR) is 56.4 cm³/mol. The summed E-state index contributed by atoms with van der Waals surface area (Å²) >= 11 is 5.71. The van der Waals surface area contributed by atoms with Crippen LogP contribution >= 0.6 is 11.6 Å². The van der Waals surface area contributed by atoms with E-state index in [4.69, 9.17) is 16.3 Å². The highest BCUT2D eigenvalue weighted by Gasteiger charge is 2.12. The Hall–Kier alpha value is -1.02. The highest BCUT2D eigenvalue weighted by molar-refractivity contribution is 6.18. The number of halogens is 1. The van der Waals surface area contributed by atoms with Gasteiger partial charge in [0.05, 0.1) is 5.88 Å². The van der Waals surface area contributed by atoms with Gasteiger partial charge in [0, 0.05) is 6.92 Å². The van der Waals surface area contributed by atoms with Crippen LogP contribution in [0.4, 0.5) is 0 Å². The van der Waals surface area contributed by atoms with Crippen LogP contribution < -0.4 is 0 Å². The first kappa shape index (κ1) is 11.1. The Bertz CT molecular complexity index is 306. The van der Waals surface area contributed by atoms with E-state index in [0.29, 0.717) is 0 Å². The van der Waals surface area contributed by atoms with Gasteiger partial charge in [0.15, 0.2) is 0 Å². The Kier molecular flexibility index (Phi) is 3.96. The van der Waals surface area contributed by atoms with Gasteiger partial charge in [0.25, 0.3) is 0 Å². The summed E-state index contributed by atoms with van der Waals surface area (Å²) in [6, 6.07) is 7.79. The maximum atomic E-state index is 10.8. The van der Waals surface area contributed by atoms with Gasteiger partial charge in [-0.15, -0.1) is 11.6 Å². The third kappa shape index (κ3) is 3.04. The standard InChI is InChI=1S/C11H13ClO2/c1-8-3-5-10(6-4-8)11(7-12)14-9(2)13/h3-6,11H,7H2,1-2H3/t11-/m1/s1. The molecule has 0 heterocycles. The minimum atomic E-state index is -0.338. The van der Waals surface area contributed by atoms with Crippen molar-refractivity contribution in [2.24, 2.45) is 0 Å². The van der Waals surface area contributed by atoms with E-state index in [0.717, 1.165) is 5.56 Å². The minimum Gasteiger partial charge on any atom is -0.456 e. The number of alkyl halides is 1. The minimum absolute atomic E-state index is 0.280.